The summed E-state index contributed by atoms with van der Waals surface area (Å²) in [4.78, 5) is 0. The van der Waals surface area contributed by atoms with Crippen LogP contribution in [0.4, 0.5) is 0 Å². The van der Waals surface area contributed by atoms with Crippen molar-refractivity contribution in [3.8, 4) is 0 Å². The first-order chi connectivity index (χ1) is 9.72. The fraction of sp³-hybridized carbons (Fsp3) is 0.667. The molecule has 0 heterocycles. The molecule has 1 aromatic rings. The van der Waals surface area contributed by atoms with E-state index in [1.807, 2.05) is 0 Å². The smallest absolute Gasteiger partial charge is 0.0502 e. The molecule has 1 rings (SSSR count). The van der Waals surface area contributed by atoms with Crippen LogP contribution in [0.5, 0.6) is 0 Å². The van der Waals surface area contributed by atoms with Gasteiger partial charge in [0.1, 0.15) is 0 Å². The van der Waals surface area contributed by atoms with Crippen molar-refractivity contribution in [3.05, 3.63) is 35.4 Å². The number of benzene rings is 1. The van der Waals surface area contributed by atoms with E-state index in [9.17, 15) is 0 Å². The highest BCUT2D eigenvalue weighted by atomic mass is 16.5. The van der Waals surface area contributed by atoms with Crippen LogP contribution in [0, 0.1) is 5.92 Å². The second-order valence-electron chi connectivity index (χ2n) is 5.68. The lowest BCUT2D eigenvalue weighted by molar-refractivity contribution is 0.202. The minimum absolute atomic E-state index is 0.478. The molecule has 0 bridgehead atoms. The van der Waals surface area contributed by atoms with E-state index in [0.717, 1.165) is 19.6 Å². The Morgan fingerprint density at radius 2 is 1.80 bits per heavy atom. The summed E-state index contributed by atoms with van der Waals surface area (Å²) < 4.78 is 5.13. The lowest BCUT2D eigenvalue weighted by Crippen LogP contribution is -2.27. The van der Waals surface area contributed by atoms with Crippen LogP contribution >= 0.6 is 0 Å². The van der Waals surface area contributed by atoms with Crippen LogP contribution in [-0.4, -0.2) is 20.3 Å². The van der Waals surface area contributed by atoms with Crippen LogP contribution in [-0.2, 0) is 11.2 Å². The van der Waals surface area contributed by atoms with Gasteiger partial charge in [-0.05, 0) is 42.9 Å². The van der Waals surface area contributed by atoms with E-state index in [1.165, 1.54) is 30.4 Å². The molecule has 2 nitrogen and oxygen atoms in total. The quantitative estimate of drug-likeness (QED) is 0.686. The zero-order valence-electron chi connectivity index (χ0n) is 13.6. The Labute approximate surface area is 124 Å². The Bertz CT molecular complexity index is 347. The number of hydrogen-bond acceptors (Lipinski definition) is 2. The Kier molecular flexibility index (Phi) is 8.56. The fourth-order valence-corrected chi connectivity index (χ4v) is 2.68. The zero-order chi connectivity index (χ0) is 14.8. The van der Waals surface area contributed by atoms with E-state index in [2.05, 4.69) is 50.4 Å². The fourth-order valence-electron chi connectivity index (χ4n) is 2.68. The van der Waals surface area contributed by atoms with E-state index in [-0.39, 0.29) is 0 Å². The second-order valence-corrected chi connectivity index (χ2v) is 5.68. The number of ether oxygens (including phenoxy) is 1. The van der Waals surface area contributed by atoms with Gasteiger partial charge in [0, 0.05) is 13.2 Å². The highest BCUT2D eigenvalue weighted by Crippen LogP contribution is 2.26. The van der Waals surface area contributed by atoms with Crippen molar-refractivity contribution in [1.29, 1.82) is 0 Å². The van der Waals surface area contributed by atoms with Gasteiger partial charge in [-0.3, -0.25) is 0 Å². The minimum atomic E-state index is 0.478. The van der Waals surface area contributed by atoms with Gasteiger partial charge >= 0.3 is 0 Å². The van der Waals surface area contributed by atoms with Crippen molar-refractivity contribution < 1.29 is 4.74 Å². The molecule has 0 fully saturated rings. The summed E-state index contributed by atoms with van der Waals surface area (Å²) in [5.41, 5.74) is 2.77. The van der Waals surface area contributed by atoms with Crippen LogP contribution in [0.2, 0.25) is 0 Å². The van der Waals surface area contributed by atoms with E-state index >= 15 is 0 Å². The first-order valence-corrected chi connectivity index (χ1v) is 8.04. The zero-order valence-corrected chi connectivity index (χ0v) is 13.6. The predicted molar refractivity (Wildman–Crippen MR) is 87.1 cm³/mol. The third-order valence-electron chi connectivity index (χ3n) is 3.86. The maximum Gasteiger partial charge on any atom is 0.0502 e. The SMILES string of the molecule is CCCNC(c1ccc(CCOC)cc1)C(C)CCC. The van der Waals surface area contributed by atoms with Gasteiger partial charge in [-0.2, -0.15) is 0 Å². The van der Waals surface area contributed by atoms with E-state index < -0.39 is 0 Å². The largest absolute Gasteiger partial charge is 0.384 e. The Morgan fingerprint density at radius 1 is 1.10 bits per heavy atom. The predicted octanol–water partition coefficient (Wildman–Crippen LogP) is 4.35. The average Bonchev–Trinajstić information content (AvgIpc) is 2.47. The van der Waals surface area contributed by atoms with Gasteiger partial charge in [-0.1, -0.05) is 51.5 Å². The number of hydrogen-bond donors (Lipinski definition) is 1. The topological polar surface area (TPSA) is 21.3 Å². The minimum Gasteiger partial charge on any atom is -0.384 e. The van der Waals surface area contributed by atoms with Crippen molar-refractivity contribution in [2.45, 2.75) is 52.5 Å². The molecule has 0 aliphatic rings. The van der Waals surface area contributed by atoms with E-state index in [1.54, 1.807) is 7.11 Å². The molecule has 0 radical (unpaired) electrons. The van der Waals surface area contributed by atoms with E-state index in [0.29, 0.717) is 12.0 Å². The molecule has 0 aliphatic carbocycles. The van der Waals surface area contributed by atoms with Gasteiger partial charge < -0.3 is 10.1 Å². The summed E-state index contributed by atoms with van der Waals surface area (Å²) in [5.74, 6) is 0.677. The third kappa shape index (κ3) is 5.64. The summed E-state index contributed by atoms with van der Waals surface area (Å²) >= 11 is 0. The van der Waals surface area contributed by atoms with Crippen LogP contribution in [0.15, 0.2) is 24.3 Å². The van der Waals surface area contributed by atoms with Crippen LogP contribution < -0.4 is 5.32 Å². The highest BCUT2D eigenvalue weighted by molar-refractivity contribution is 5.25. The molecule has 0 saturated heterocycles. The normalized spacial score (nSPS) is 14.2. The first kappa shape index (κ1) is 17.2. The molecule has 0 aliphatic heterocycles. The Morgan fingerprint density at radius 3 is 2.35 bits per heavy atom. The molecule has 2 unspecified atom stereocenters. The Balaban J connectivity index is 2.73. The number of nitrogens with one attached hydrogen (secondary N) is 1. The average molecular weight is 277 g/mol. The molecule has 0 spiro atoms. The standard InChI is InChI=1S/C18H31NO/c1-5-7-15(3)18(19-13-6-2)17-10-8-16(9-11-17)12-14-20-4/h8-11,15,18-19H,5-7,12-14H2,1-4H3. The maximum absolute atomic E-state index is 5.13. The summed E-state index contributed by atoms with van der Waals surface area (Å²) in [6, 6.07) is 9.53. The van der Waals surface area contributed by atoms with Crippen molar-refractivity contribution in [2.24, 2.45) is 5.92 Å². The maximum atomic E-state index is 5.13. The van der Waals surface area contributed by atoms with Crippen LogP contribution in [0.3, 0.4) is 0 Å². The molecule has 2 atom stereocenters. The molecule has 1 aromatic carbocycles. The van der Waals surface area contributed by atoms with Gasteiger partial charge in [-0.25, -0.2) is 0 Å². The molecular formula is C18H31NO. The summed E-state index contributed by atoms with van der Waals surface area (Å²) in [6.45, 7) is 8.73. The van der Waals surface area contributed by atoms with Crippen LogP contribution in [0.25, 0.3) is 0 Å². The number of rotatable bonds is 10. The van der Waals surface area contributed by atoms with Gasteiger partial charge in [-0.15, -0.1) is 0 Å². The Hall–Kier alpha value is -0.860. The monoisotopic (exact) mass is 277 g/mol. The van der Waals surface area contributed by atoms with E-state index in [4.69, 9.17) is 4.74 Å². The molecular weight excluding hydrogens is 246 g/mol. The summed E-state index contributed by atoms with van der Waals surface area (Å²) in [5, 5.41) is 3.71. The lowest BCUT2D eigenvalue weighted by atomic mass is 9.90. The van der Waals surface area contributed by atoms with Crippen molar-refractivity contribution >= 4 is 0 Å². The van der Waals surface area contributed by atoms with Gasteiger partial charge in [0.2, 0.25) is 0 Å². The summed E-state index contributed by atoms with van der Waals surface area (Å²) in [6.07, 6.45) is 4.69. The van der Waals surface area contributed by atoms with Crippen molar-refractivity contribution in [2.75, 3.05) is 20.3 Å². The molecule has 0 saturated carbocycles. The van der Waals surface area contributed by atoms with Crippen molar-refractivity contribution in [1.82, 2.24) is 5.32 Å². The van der Waals surface area contributed by atoms with Gasteiger partial charge in [0.15, 0.2) is 0 Å². The first-order valence-electron chi connectivity index (χ1n) is 8.04. The highest BCUT2D eigenvalue weighted by Gasteiger charge is 2.17. The molecule has 0 amide bonds. The summed E-state index contributed by atoms with van der Waals surface area (Å²) in [7, 11) is 1.76. The van der Waals surface area contributed by atoms with Crippen LogP contribution in [0.1, 0.15) is 57.2 Å². The van der Waals surface area contributed by atoms with Gasteiger partial charge in [0.05, 0.1) is 6.61 Å². The molecule has 20 heavy (non-hydrogen) atoms. The number of methoxy groups -OCH3 is 1. The molecule has 2 heteroatoms. The molecule has 0 aromatic heterocycles. The van der Waals surface area contributed by atoms with Gasteiger partial charge in [0.25, 0.3) is 0 Å². The molecule has 1 N–H and O–H groups in total. The lowest BCUT2D eigenvalue weighted by Gasteiger charge is -2.25. The third-order valence-corrected chi connectivity index (χ3v) is 3.86. The van der Waals surface area contributed by atoms with Crippen molar-refractivity contribution in [3.63, 3.8) is 0 Å². The molecule has 114 valence electrons. The second kappa shape index (κ2) is 9.95.